The van der Waals surface area contributed by atoms with Crippen molar-refractivity contribution < 1.29 is 35.5 Å². The fourth-order valence-electron chi connectivity index (χ4n) is 2.77. The van der Waals surface area contributed by atoms with Gasteiger partial charge in [-0.15, -0.1) is 0 Å². The predicted molar refractivity (Wildman–Crippen MR) is 115 cm³/mol. The Balaban J connectivity index is 1.95. The third-order valence-electron chi connectivity index (χ3n) is 4.39. The average molecular weight is 503 g/mol. The summed E-state index contributed by atoms with van der Waals surface area (Å²) in [5.41, 5.74) is -1.98. The van der Waals surface area contributed by atoms with Crippen molar-refractivity contribution in [2.75, 3.05) is 17.1 Å². The molecule has 0 saturated carbocycles. The van der Waals surface area contributed by atoms with Gasteiger partial charge in [0.2, 0.25) is 0 Å². The van der Waals surface area contributed by atoms with Gasteiger partial charge in [-0.25, -0.2) is 12.8 Å². The largest absolute Gasteiger partial charge is 0.495 e. The number of rotatable bonds is 6. The van der Waals surface area contributed by atoms with E-state index in [9.17, 15) is 30.8 Å². The third kappa shape index (κ3) is 5.55. The fourth-order valence-corrected chi connectivity index (χ4v) is 4.09. The van der Waals surface area contributed by atoms with E-state index >= 15 is 0 Å². The second kappa shape index (κ2) is 9.28. The van der Waals surface area contributed by atoms with Crippen molar-refractivity contribution >= 4 is 38.9 Å². The van der Waals surface area contributed by atoms with Gasteiger partial charge in [0.05, 0.1) is 39.5 Å². The molecule has 0 aliphatic carbocycles. The number of carbonyl (C=O) groups excluding carboxylic acids is 1. The van der Waals surface area contributed by atoms with E-state index in [1.54, 1.807) is 0 Å². The van der Waals surface area contributed by atoms with Crippen molar-refractivity contribution in [3.63, 3.8) is 0 Å². The van der Waals surface area contributed by atoms with E-state index in [-0.39, 0.29) is 22.0 Å². The van der Waals surface area contributed by atoms with Gasteiger partial charge in [-0.3, -0.25) is 9.52 Å². The van der Waals surface area contributed by atoms with Crippen molar-refractivity contribution in [2.24, 2.45) is 0 Å². The van der Waals surface area contributed by atoms with E-state index in [1.165, 1.54) is 31.4 Å². The highest BCUT2D eigenvalue weighted by molar-refractivity contribution is 7.92. The first-order valence-corrected chi connectivity index (χ1v) is 10.9. The zero-order chi connectivity index (χ0) is 24.4. The maximum atomic E-state index is 13.9. The van der Waals surface area contributed by atoms with Gasteiger partial charge in [-0.05, 0) is 48.5 Å². The molecule has 174 valence electrons. The summed E-state index contributed by atoms with van der Waals surface area (Å²) in [7, 11) is -3.17. The zero-order valence-electron chi connectivity index (χ0n) is 16.7. The lowest BCUT2D eigenvalue weighted by molar-refractivity contribution is -0.137. The molecule has 6 nitrogen and oxygen atoms in total. The Hall–Kier alpha value is -3.31. The van der Waals surface area contributed by atoms with Crippen LogP contribution in [0.1, 0.15) is 15.9 Å². The first-order valence-electron chi connectivity index (χ1n) is 9.06. The topological polar surface area (TPSA) is 84.5 Å². The van der Waals surface area contributed by atoms with Crippen molar-refractivity contribution in [3.05, 3.63) is 82.6 Å². The van der Waals surface area contributed by atoms with E-state index in [0.717, 1.165) is 24.3 Å². The van der Waals surface area contributed by atoms with Crippen molar-refractivity contribution in [2.45, 2.75) is 11.1 Å². The highest BCUT2D eigenvalue weighted by atomic mass is 35.5. The molecule has 33 heavy (non-hydrogen) atoms. The lowest BCUT2D eigenvalue weighted by atomic mass is 10.2. The van der Waals surface area contributed by atoms with Crippen molar-refractivity contribution in [1.82, 2.24) is 0 Å². The number of alkyl halides is 3. The summed E-state index contributed by atoms with van der Waals surface area (Å²) in [5.74, 6) is -1.59. The molecule has 0 atom stereocenters. The molecule has 0 aromatic heterocycles. The minimum Gasteiger partial charge on any atom is -0.495 e. The molecule has 3 aromatic rings. The number of ether oxygens (including phenoxy) is 1. The standard InChI is InChI=1S/C21H15ClF4N2O4S/c1-32-19-9-7-13(11-18(19)27-20(29)14-4-2-3-5-16(14)23)33(30,31)28-17-10-12(21(24,25)26)6-8-15(17)22/h2-11,28H,1H3,(H,27,29). The van der Waals surface area contributed by atoms with Crippen LogP contribution in [0.2, 0.25) is 5.02 Å². The average Bonchev–Trinajstić information content (AvgIpc) is 2.74. The Morgan fingerprint density at radius 2 is 1.70 bits per heavy atom. The number of nitrogens with one attached hydrogen (secondary N) is 2. The molecular weight excluding hydrogens is 488 g/mol. The quantitative estimate of drug-likeness (QED) is 0.432. The second-order valence-corrected chi connectivity index (χ2v) is 8.68. The molecule has 0 saturated heterocycles. The number of carbonyl (C=O) groups is 1. The molecule has 1 amide bonds. The number of hydrogen-bond donors (Lipinski definition) is 2. The Bertz CT molecular complexity index is 1310. The first kappa shape index (κ1) is 24.3. The maximum absolute atomic E-state index is 13.9. The Morgan fingerprint density at radius 1 is 1.00 bits per heavy atom. The number of anilines is 2. The van der Waals surface area contributed by atoms with E-state index in [1.807, 2.05) is 4.72 Å². The summed E-state index contributed by atoms with van der Waals surface area (Å²) in [6.45, 7) is 0. The highest BCUT2D eigenvalue weighted by Crippen LogP contribution is 2.35. The molecule has 0 radical (unpaired) electrons. The molecule has 0 aliphatic heterocycles. The minimum atomic E-state index is -4.71. The van der Waals surface area contributed by atoms with E-state index in [2.05, 4.69) is 5.32 Å². The smallest absolute Gasteiger partial charge is 0.416 e. The van der Waals surface area contributed by atoms with Crippen LogP contribution in [-0.4, -0.2) is 21.4 Å². The van der Waals surface area contributed by atoms with Gasteiger partial charge in [-0.1, -0.05) is 23.7 Å². The van der Waals surface area contributed by atoms with Crippen LogP contribution in [0, 0.1) is 5.82 Å². The van der Waals surface area contributed by atoms with Crippen LogP contribution >= 0.6 is 11.6 Å². The summed E-state index contributed by atoms with van der Waals surface area (Å²) in [5, 5.41) is 2.11. The molecule has 12 heteroatoms. The number of sulfonamides is 1. The van der Waals surface area contributed by atoms with Crippen LogP contribution in [0.3, 0.4) is 0 Å². The van der Waals surface area contributed by atoms with E-state index in [0.29, 0.717) is 12.1 Å². The zero-order valence-corrected chi connectivity index (χ0v) is 18.3. The molecule has 3 aromatic carbocycles. The van der Waals surface area contributed by atoms with Crippen molar-refractivity contribution in [1.29, 1.82) is 0 Å². The van der Waals surface area contributed by atoms with E-state index in [4.69, 9.17) is 16.3 Å². The predicted octanol–water partition coefficient (Wildman–Crippen LogP) is 5.56. The molecule has 2 N–H and O–H groups in total. The van der Waals surface area contributed by atoms with Crippen LogP contribution in [0.5, 0.6) is 5.75 Å². The van der Waals surface area contributed by atoms with Gasteiger partial charge < -0.3 is 10.1 Å². The second-order valence-electron chi connectivity index (χ2n) is 6.59. The third-order valence-corrected chi connectivity index (χ3v) is 6.08. The normalized spacial score (nSPS) is 11.7. The van der Waals surface area contributed by atoms with Crippen LogP contribution in [0.25, 0.3) is 0 Å². The number of amides is 1. The number of halogens is 5. The molecule has 3 rings (SSSR count). The lowest BCUT2D eigenvalue weighted by Gasteiger charge is -2.15. The van der Waals surface area contributed by atoms with Gasteiger partial charge in [0, 0.05) is 0 Å². The van der Waals surface area contributed by atoms with Gasteiger partial charge in [0.1, 0.15) is 11.6 Å². The van der Waals surface area contributed by atoms with Crippen LogP contribution in [0.15, 0.2) is 65.6 Å². The van der Waals surface area contributed by atoms with Crippen LogP contribution in [-0.2, 0) is 16.2 Å². The summed E-state index contributed by atoms with van der Waals surface area (Å²) in [6, 6.07) is 10.7. The molecule has 0 spiro atoms. The summed E-state index contributed by atoms with van der Waals surface area (Å²) < 4.78 is 85.6. The summed E-state index contributed by atoms with van der Waals surface area (Å²) >= 11 is 5.86. The Labute approximate surface area is 191 Å². The maximum Gasteiger partial charge on any atom is 0.416 e. The molecule has 0 bridgehead atoms. The molecule has 0 unspecified atom stereocenters. The number of benzene rings is 3. The van der Waals surface area contributed by atoms with Gasteiger partial charge in [-0.2, -0.15) is 13.2 Å². The molecule has 0 fully saturated rings. The van der Waals surface area contributed by atoms with Crippen LogP contribution < -0.4 is 14.8 Å². The summed E-state index contributed by atoms with van der Waals surface area (Å²) in [4.78, 5) is 12.0. The SMILES string of the molecule is COc1ccc(S(=O)(=O)Nc2cc(C(F)(F)F)ccc2Cl)cc1NC(=O)c1ccccc1F. The summed E-state index contributed by atoms with van der Waals surface area (Å²) in [6.07, 6.45) is -4.71. The fraction of sp³-hybridized carbons (Fsp3) is 0.0952. The molecule has 0 heterocycles. The molecule has 0 aliphatic rings. The minimum absolute atomic E-state index is 0.0655. The highest BCUT2D eigenvalue weighted by Gasteiger charge is 2.31. The Kier molecular flexibility index (Phi) is 6.84. The van der Waals surface area contributed by atoms with Gasteiger partial charge in [0.25, 0.3) is 15.9 Å². The van der Waals surface area contributed by atoms with Gasteiger partial charge in [0.15, 0.2) is 0 Å². The number of methoxy groups -OCH3 is 1. The lowest BCUT2D eigenvalue weighted by Crippen LogP contribution is -2.17. The van der Waals surface area contributed by atoms with Crippen LogP contribution in [0.4, 0.5) is 28.9 Å². The molecular formula is C21H15ClF4N2O4S. The monoisotopic (exact) mass is 502 g/mol. The van der Waals surface area contributed by atoms with Crippen molar-refractivity contribution in [3.8, 4) is 5.75 Å². The Morgan fingerprint density at radius 3 is 2.33 bits per heavy atom. The first-order chi connectivity index (χ1) is 15.4. The number of hydrogen-bond acceptors (Lipinski definition) is 4. The van der Waals surface area contributed by atoms with E-state index < -0.39 is 44.1 Å². The van der Waals surface area contributed by atoms with Gasteiger partial charge >= 0.3 is 6.18 Å².